The Kier molecular flexibility index (Phi) is 6.70. The highest BCUT2D eigenvalue weighted by Crippen LogP contribution is 2.41. The van der Waals surface area contributed by atoms with E-state index in [1.807, 2.05) is 17.6 Å². The molecule has 0 atom stereocenters. The van der Waals surface area contributed by atoms with E-state index in [-0.39, 0.29) is 0 Å². The van der Waals surface area contributed by atoms with Gasteiger partial charge in [-0.15, -0.1) is 11.3 Å². The van der Waals surface area contributed by atoms with Crippen molar-refractivity contribution in [2.75, 3.05) is 14.2 Å². The second-order valence-electron chi connectivity index (χ2n) is 6.80. The molecule has 0 aliphatic rings. The number of benzene rings is 2. The van der Waals surface area contributed by atoms with Crippen LogP contribution in [0.3, 0.4) is 0 Å². The van der Waals surface area contributed by atoms with E-state index in [0.717, 1.165) is 21.9 Å². The number of ether oxygens (including phenoxy) is 4. The molecular weight excluding hydrogens is 444 g/mol. The van der Waals surface area contributed by atoms with Gasteiger partial charge in [-0.25, -0.2) is 14.8 Å². The van der Waals surface area contributed by atoms with Crippen molar-refractivity contribution < 1.29 is 28.8 Å². The number of methoxy groups -OCH3 is 2. The van der Waals surface area contributed by atoms with Crippen LogP contribution in [-0.2, 0) is 11.4 Å². The van der Waals surface area contributed by atoms with Gasteiger partial charge in [0.25, 0.3) is 0 Å². The summed E-state index contributed by atoms with van der Waals surface area (Å²) in [6.07, 6.45) is 4.04. The van der Waals surface area contributed by atoms with Crippen LogP contribution >= 0.6 is 11.3 Å². The average molecular weight is 464 g/mol. The SMILES string of the molecule is COc1cc(C=CC(=O)O)cc(OC)c1Oc1ccc(OCc2ccc3ncsc3c2)cn1. The van der Waals surface area contributed by atoms with E-state index in [0.29, 0.717) is 41.0 Å². The monoisotopic (exact) mass is 464 g/mol. The molecule has 0 amide bonds. The third-order valence-corrected chi connectivity index (χ3v) is 5.41. The number of nitrogens with zero attached hydrogens (tertiary/aromatic N) is 2. The van der Waals surface area contributed by atoms with Gasteiger partial charge in [-0.05, 0) is 47.5 Å². The first-order valence-electron chi connectivity index (χ1n) is 9.81. The molecule has 33 heavy (non-hydrogen) atoms. The van der Waals surface area contributed by atoms with Gasteiger partial charge in [-0.1, -0.05) is 6.07 Å². The lowest BCUT2D eigenvalue weighted by Gasteiger charge is -2.15. The Balaban J connectivity index is 1.47. The van der Waals surface area contributed by atoms with Gasteiger partial charge < -0.3 is 24.1 Å². The normalized spacial score (nSPS) is 11.0. The molecule has 8 nitrogen and oxygen atoms in total. The molecule has 0 saturated heterocycles. The van der Waals surface area contributed by atoms with Crippen LogP contribution in [-0.4, -0.2) is 35.3 Å². The van der Waals surface area contributed by atoms with Gasteiger partial charge in [0.1, 0.15) is 12.4 Å². The van der Waals surface area contributed by atoms with E-state index < -0.39 is 5.97 Å². The molecule has 0 spiro atoms. The summed E-state index contributed by atoms with van der Waals surface area (Å²) in [6, 6.07) is 12.8. The van der Waals surface area contributed by atoms with Crippen molar-refractivity contribution in [3.05, 3.63) is 71.4 Å². The Morgan fingerprint density at radius 1 is 1.06 bits per heavy atom. The summed E-state index contributed by atoms with van der Waals surface area (Å²) >= 11 is 1.59. The molecule has 0 aliphatic heterocycles. The molecular formula is C24H20N2O6S. The third-order valence-electron chi connectivity index (χ3n) is 4.62. The third kappa shape index (κ3) is 5.39. The second-order valence-corrected chi connectivity index (χ2v) is 7.69. The number of pyridine rings is 1. The highest BCUT2D eigenvalue weighted by atomic mass is 32.1. The van der Waals surface area contributed by atoms with Crippen molar-refractivity contribution in [1.29, 1.82) is 0 Å². The zero-order chi connectivity index (χ0) is 23.2. The van der Waals surface area contributed by atoms with Gasteiger partial charge in [0.15, 0.2) is 11.5 Å². The molecule has 168 valence electrons. The maximum absolute atomic E-state index is 10.8. The van der Waals surface area contributed by atoms with Crippen molar-refractivity contribution >= 4 is 33.6 Å². The summed E-state index contributed by atoms with van der Waals surface area (Å²) < 4.78 is 23.7. The van der Waals surface area contributed by atoms with Crippen molar-refractivity contribution in [1.82, 2.24) is 9.97 Å². The highest BCUT2D eigenvalue weighted by Gasteiger charge is 2.15. The van der Waals surface area contributed by atoms with Gasteiger partial charge in [-0.2, -0.15) is 0 Å². The van der Waals surface area contributed by atoms with Crippen LogP contribution < -0.4 is 18.9 Å². The number of carboxylic acids is 1. The zero-order valence-electron chi connectivity index (χ0n) is 17.8. The van der Waals surface area contributed by atoms with Crippen molar-refractivity contribution in [3.63, 3.8) is 0 Å². The number of hydrogen-bond donors (Lipinski definition) is 1. The lowest BCUT2D eigenvalue weighted by Crippen LogP contribution is -1.98. The number of carbonyl (C=O) groups is 1. The Bertz CT molecular complexity index is 1280. The number of carboxylic acid groups (broad SMARTS) is 1. The molecule has 1 N–H and O–H groups in total. The maximum atomic E-state index is 10.8. The van der Waals surface area contributed by atoms with Crippen LogP contribution in [0.25, 0.3) is 16.3 Å². The van der Waals surface area contributed by atoms with Crippen LogP contribution in [0.5, 0.6) is 28.9 Å². The fraction of sp³-hybridized carbons (Fsp3) is 0.125. The Labute approximate surface area is 193 Å². The minimum absolute atomic E-state index is 0.318. The number of aliphatic carboxylic acids is 1. The lowest BCUT2D eigenvalue weighted by molar-refractivity contribution is -0.131. The summed E-state index contributed by atoms with van der Waals surface area (Å²) in [5.74, 6) is 0.939. The van der Waals surface area contributed by atoms with E-state index in [4.69, 9.17) is 24.1 Å². The van der Waals surface area contributed by atoms with Crippen LogP contribution in [0.15, 0.2) is 60.2 Å². The minimum Gasteiger partial charge on any atom is -0.493 e. The fourth-order valence-electron chi connectivity index (χ4n) is 3.04. The van der Waals surface area contributed by atoms with Crippen LogP contribution in [0.4, 0.5) is 0 Å². The second kappa shape index (κ2) is 10.0. The topological polar surface area (TPSA) is 100 Å². The van der Waals surface area contributed by atoms with E-state index in [1.165, 1.54) is 20.3 Å². The van der Waals surface area contributed by atoms with Crippen molar-refractivity contribution in [3.8, 4) is 28.9 Å². The fourth-order valence-corrected chi connectivity index (χ4v) is 3.78. The summed E-state index contributed by atoms with van der Waals surface area (Å²) in [5.41, 5.74) is 4.43. The summed E-state index contributed by atoms with van der Waals surface area (Å²) in [6.45, 7) is 0.405. The first-order chi connectivity index (χ1) is 16.1. The smallest absolute Gasteiger partial charge is 0.328 e. The molecule has 9 heteroatoms. The maximum Gasteiger partial charge on any atom is 0.328 e. The Morgan fingerprint density at radius 2 is 1.85 bits per heavy atom. The number of hydrogen-bond acceptors (Lipinski definition) is 8. The van der Waals surface area contributed by atoms with Crippen molar-refractivity contribution in [2.45, 2.75) is 6.61 Å². The van der Waals surface area contributed by atoms with Crippen LogP contribution in [0, 0.1) is 0 Å². The largest absolute Gasteiger partial charge is 0.493 e. The molecule has 0 fully saturated rings. The molecule has 2 heterocycles. The molecule has 0 saturated carbocycles. The molecule has 4 rings (SSSR count). The number of aromatic nitrogens is 2. The number of rotatable bonds is 9. The van der Waals surface area contributed by atoms with Crippen molar-refractivity contribution in [2.24, 2.45) is 0 Å². The lowest BCUT2D eigenvalue weighted by atomic mass is 10.1. The van der Waals surface area contributed by atoms with E-state index in [1.54, 1.807) is 41.8 Å². The Morgan fingerprint density at radius 3 is 2.52 bits per heavy atom. The Hall–Kier alpha value is -4.11. The highest BCUT2D eigenvalue weighted by molar-refractivity contribution is 7.16. The minimum atomic E-state index is -1.05. The average Bonchev–Trinajstić information content (AvgIpc) is 3.30. The summed E-state index contributed by atoms with van der Waals surface area (Å²) in [4.78, 5) is 19.4. The molecule has 0 aliphatic carbocycles. The predicted octanol–water partition coefficient (Wildman–Crippen LogP) is 5.18. The molecule has 0 unspecified atom stereocenters. The standard InChI is InChI=1S/C24H20N2O6S/c1-29-19-9-15(4-8-23(27)28)10-20(30-2)24(19)32-22-7-5-17(12-25-22)31-13-16-3-6-18-21(11-16)33-14-26-18/h3-12,14H,13H2,1-2H3,(H,27,28). The predicted molar refractivity (Wildman–Crippen MR) is 124 cm³/mol. The van der Waals surface area contributed by atoms with Gasteiger partial charge in [0.05, 0.1) is 36.1 Å². The molecule has 4 aromatic rings. The van der Waals surface area contributed by atoms with Gasteiger partial charge in [0, 0.05) is 12.1 Å². The van der Waals surface area contributed by atoms with E-state index in [2.05, 4.69) is 16.0 Å². The zero-order valence-corrected chi connectivity index (χ0v) is 18.7. The molecule has 0 radical (unpaired) electrons. The van der Waals surface area contributed by atoms with Crippen LogP contribution in [0.2, 0.25) is 0 Å². The molecule has 0 bridgehead atoms. The quantitative estimate of drug-likeness (QED) is 0.338. The first-order valence-corrected chi connectivity index (χ1v) is 10.7. The molecule has 2 aromatic carbocycles. The first kappa shape index (κ1) is 22.1. The van der Waals surface area contributed by atoms with Gasteiger partial charge in [-0.3, -0.25) is 0 Å². The van der Waals surface area contributed by atoms with Gasteiger partial charge >= 0.3 is 5.97 Å². The summed E-state index contributed by atoms with van der Waals surface area (Å²) in [5, 5.41) is 8.84. The number of fused-ring (bicyclic) bond motifs is 1. The number of thiazole rings is 1. The van der Waals surface area contributed by atoms with E-state index >= 15 is 0 Å². The van der Waals surface area contributed by atoms with Crippen LogP contribution in [0.1, 0.15) is 11.1 Å². The van der Waals surface area contributed by atoms with Gasteiger partial charge in [0.2, 0.25) is 11.6 Å². The summed E-state index contributed by atoms with van der Waals surface area (Å²) in [7, 11) is 2.97. The van der Waals surface area contributed by atoms with E-state index in [9.17, 15) is 4.79 Å². The molecule has 2 aromatic heterocycles.